The highest BCUT2D eigenvalue weighted by molar-refractivity contribution is 5.90. The second-order valence-electron chi connectivity index (χ2n) is 10.1. The van der Waals surface area contributed by atoms with Gasteiger partial charge in [-0.2, -0.15) is 0 Å². The predicted octanol–water partition coefficient (Wildman–Crippen LogP) is 5.95. The maximum Gasteiger partial charge on any atom is 0.338 e. The third kappa shape index (κ3) is 5.76. The van der Waals surface area contributed by atoms with Gasteiger partial charge in [-0.3, -0.25) is 5.21 Å². The molecule has 1 aliphatic heterocycles. The molecule has 0 radical (unpaired) electrons. The molecule has 0 bridgehead atoms. The Morgan fingerprint density at radius 1 is 1.14 bits per heavy atom. The first-order valence-electron chi connectivity index (χ1n) is 12.4. The highest BCUT2D eigenvalue weighted by Gasteiger charge is 2.46. The summed E-state index contributed by atoms with van der Waals surface area (Å²) >= 11 is 0. The lowest BCUT2D eigenvalue weighted by Crippen LogP contribution is -2.52. The Hall–Kier alpha value is -3.12. The Morgan fingerprint density at radius 2 is 1.80 bits per heavy atom. The molecule has 4 atom stereocenters. The van der Waals surface area contributed by atoms with Gasteiger partial charge in [0.1, 0.15) is 0 Å². The number of esters is 1. The van der Waals surface area contributed by atoms with Gasteiger partial charge in [0.05, 0.1) is 11.7 Å². The Balaban J connectivity index is 1.56. The minimum absolute atomic E-state index is 0.115. The molecule has 1 heterocycles. The van der Waals surface area contributed by atoms with Crippen LogP contribution in [0.1, 0.15) is 68.3 Å². The Bertz CT molecular complexity index is 1040. The number of ether oxygens (including phenoxy) is 2. The fourth-order valence-electron chi connectivity index (χ4n) is 5.46. The number of nitrogens with zero attached hydrogens (tertiary/aromatic N) is 1. The van der Waals surface area contributed by atoms with Crippen LogP contribution in [0.2, 0.25) is 0 Å². The fourth-order valence-corrected chi connectivity index (χ4v) is 5.46. The van der Waals surface area contributed by atoms with Crippen LogP contribution in [0, 0.1) is 11.1 Å². The van der Waals surface area contributed by atoms with Crippen molar-refractivity contribution in [1.29, 1.82) is 0 Å². The van der Waals surface area contributed by atoms with Crippen molar-refractivity contribution in [2.45, 2.75) is 75.8 Å². The van der Waals surface area contributed by atoms with E-state index in [-0.39, 0.29) is 23.9 Å². The first kappa shape index (κ1) is 25.0. The summed E-state index contributed by atoms with van der Waals surface area (Å²) in [5.74, 6) is -1.51. The number of carbonyl (C=O) groups is 1. The third-order valence-corrected chi connectivity index (χ3v) is 7.29. The molecule has 2 unspecified atom stereocenters. The molecule has 6 nitrogen and oxygen atoms in total. The minimum Gasteiger partial charge on any atom is -0.448 e. The molecule has 0 spiro atoms. The number of hydrogen-bond donors (Lipinski definition) is 0. The van der Waals surface area contributed by atoms with Crippen LogP contribution >= 0.6 is 0 Å². The summed E-state index contributed by atoms with van der Waals surface area (Å²) in [6.45, 7) is 8.39. The van der Waals surface area contributed by atoms with Crippen molar-refractivity contribution in [2.24, 2.45) is 5.92 Å². The molecule has 186 valence electrons. The lowest BCUT2D eigenvalue weighted by atomic mass is 9.66. The molecule has 0 saturated heterocycles. The Kier molecular flexibility index (Phi) is 7.60. The summed E-state index contributed by atoms with van der Waals surface area (Å²) in [6, 6.07) is 19.2. The highest BCUT2D eigenvalue weighted by Crippen LogP contribution is 2.44. The molecule has 2 aromatic rings. The molecule has 0 amide bonds. The SMILES string of the molecule is C=CCC1(O[C@@H]2CCCC[C@H]2C(C)(C)c2ccccc2)CC(OC(=O)c2ccccc2)C=[N+]([O-])O1. The molecule has 1 aliphatic carbocycles. The quantitative estimate of drug-likeness (QED) is 0.267. The molecule has 0 aromatic heterocycles. The van der Waals surface area contributed by atoms with E-state index in [4.69, 9.17) is 14.3 Å². The summed E-state index contributed by atoms with van der Waals surface area (Å²) in [5.41, 5.74) is 1.56. The number of hydrogen-bond acceptors (Lipinski definition) is 5. The monoisotopic (exact) mass is 477 g/mol. The zero-order chi connectivity index (χ0) is 24.9. The van der Waals surface area contributed by atoms with E-state index in [1.165, 1.54) is 11.8 Å². The van der Waals surface area contributed by atoms with Crippen molar-refractivity contribution in [3.63, 3.8) is 0 Å². The number of carbonyl (C=O) groups excluding carboxylic acids is 1. The highest BCUT2D eigenvalue weighted by atomic mass is 16.9. The molecule has 35 heavy (non-hydrogen) atoms. The topological polar surface area (TPSA) is 70.8 Å². The van der Waals surface area contributed by atoms with Crippen molar-refractivity contribution >= 4 is 12.2 Å². The van der Waals surface area contributed by atoms with Crippen LogP contribution in [0.4, 0.5) is 0 Å². The average Bonchev–Trinajstić information content (AvgIpc) is 2.85. The molecule has 2 aliphatic rings. The van der Waals surface area contributed by atoms with Gasteiger partial charge in [-0.05, 0) is 41.9 Å². The molecular weight excluding hydrogens is 442 g/mol. The summed E-state index contributed by atoms with van der Waals surface area (Å²) in [7, 11) is 0. The second-order valence-corrected chi connectivity index (χ2v) is 10.1. The van der Waals surface area contributed by atoms with Crippen molar-refractivity contribution in [2.75, 3.05) is 0 Å². The number of rotatable bonds is 8. The van der Waals surface area contributed by atoms with Crippen molar-refractivity contribution in [1.82, 2.24) is 0 Å². The maximum atomic E-state index is 12.7. The van der Waals surface area contributed by atoms with E-state index >= 15 is 0 Å². The van der Waals surface area contributed by atoms with Gasteiger partial charge in [0, 0.05) is 17.7 Å². The summed E-state index contributed by atoms with van der Waals surface area (Å²) in [4.78, 5) is 18.8. The van der Waals surface area contributed by atoms with E-state index < -0.39 is 17.9 Å². The smallest absolute Gasteiger partial charge is 0.338 e. The Labute approximate surface area is 207 Å². The maximum absolute atomic E-state index is 12.7. The zero-order valence-corrected chi connectivity index (χ0v) is 20.6. The van der Waals surface area contributed by atoms with Crippen molar-refractivity contribution < 1.29 is 24.0 Å². The van der Waals surface area contributed by atoms with Crippen LogP contribution in [0.15, 0.2) is 73.3 Å². The third-order valence-electron chi connectivity index (χ3n) is 7.29. The van der Waals surface area contributed by atoms with Crippen LogP contribution in [-0.4, -0.2) is 35.1 Å². The van der Waals surface area contributed by atoms with Gasteiger partial charge in [0.15, 0.2) is 11.9 Å². The summed E-state index contributed by atoms with van der Waals surface area (Å²) in [5, 5.41) is 12.6. The molecule has 1 saturated carbocycles. The van der Waals surface area contributed by atoms with Crippen molar-refractivity contribution in [3.8, 4) is 0 Å². The van der Waals surface area contributed by atoms with Gasteiger partial charge in [0.25, 0.3) is 6.21 Å². The summed E-state index contributed by atoms with van der Waals surface area (Å²) in [6.07, 6.45) is 6.63. The Morgan fingerprint density at radius 3 is 2.49 bits per heavy atom. The van der Waals surface area contributed by atoms with Crippen molar-refractivity contribution in [3.05, 3.63) is 89.7 Å². The standard InChI is InChI=1S/C29H35NO5/c1-4-19-29(20-24(21-30(32)35-29)33-27(31)22-13-7-5-8-14-22)34-26-18-12-11-17-25(26)28(2,3)23-15-9-6-10-16-23/h4-10,13-16,21,24-26H,1,11-12,17-20H2,2-3H3/t24?,25-,26-,29?/m1/s1. The lowest BCUT2D eigenvalue weighted by Gasteiger charge is -2.48. The normalized spacial score (nSPS) is 26.8. The van der Waals surface area contributed by atoms with E-state index in [2.05, 4.69) is 44.7 Å². The minimum atomic E-state index is -1.26. The van der Waals surface area contributed by atoms with Crippen LogP contribution in [-0.2, 0) is 19.7 Å². The molecule has 0 N–H and O–H groups in total. The van der Waals surface area contributed by atoms with Crippen LogP contribution < -0.4 is 0 Å². The van der Waals surface area contributed by atoms with Crippen LogP contribution in [0.25, 0.3) is 0 Å². The largest absolute Gasteiger partial charge is 0.448 e. The molecule has 4 rings (SSSR count). The fraction of sp³-hybridized carbons (Fsp3) is 0.448. The molecule has 2 aromatic carbocycles. The van der Waals surface area contributed by atoms with Gasteiger partial charge >= 0.3 is 5.97 Å². The van der Waals surface area contributed by atoms with Gasteiger partial charge in [-0.1, -0.05) is 81.3 Å². The van der Waals surface area contributed by atoms with Gasteiger partial charge < -0.3 is 14.3 Å². The molecular formula is C29H35NO5. The lowest BCUT2D eigenvalue weighted by molar-refractivity contribution is -0.788. The van der Waals surface area contributed by atoms with E-state index in [9.17, 15) is 10.0 Å². The van der Waals surface area contributed by atoms with Gasteiger partial charge in [-0.25, -0.2) is 4.79 Å². The van der Waals surface area contributed by atoms with E-state index in [0.29, 0.717) is 16.9 Å². The first-order chi connectivity index (χ1) is 16.8. The number of benzene rings is 2. The van der Waals surface area contributed by atoms with E-state index in [1.807, 2.05) is 12.1 Å². The second kappa shape index (κ2) is 10.6. The van der Waals surface area contributed by atoms with Crippen LogP contribution in [0.3, 0.4) is 0 Å². The first-order valence-corrected chi connectivity index (χ1v) is 12.4. The predicted molar refractivity (Wildman–Crippen MR) is 135 cm³/mol. The molecule has 6 heteroatoms. The van der Waals surface area contributed by atoms with Gasteiger partial charge in [-0.15, -0.1) is 6.58 Å². The van der Waals surface area contributed by atoms with Gasteiger partial charge in [0.2, 0.25) is 0 Å². The van der Waals surface area contributed by atoms with Crippen LogP contribution in [0.5, 0.6) is 0 Å². The van der Waals surface area contributed by atoms with E-state index in [0.717, 1.165) is 25.7 Å². The van der Waals surface area contributed by atoms with E-state index in [1.54, 1.807) is 30.3 Å². The zero-order valence-electron chi connectivity index (χ0n) is 20.6. The molecule has 1 fully saturated rings. The average molecular weight is 478 g/mol. The summed E-state index contributed by atoms with van der Waals surface area (Å²) < 4.78 is 12.4.